The lowest BCUT2D eigenvalue weighted by Gasteiger charge is -2.08. The average molecular weight is 263 g/mol. The van der Waals surface area contributed by atoms with Gasteiger partial charge in [-0.2, -0.15) is 0 Å². The van der Waals surface area contributed by atoms with E-state index in [-0.39, 0.29) is 11.8 Å². The monoisotopic (exact) mass is 263 g/mol. The van der Waals surface area contributed by atoms with Crippen LogP contribution in [0.3, 0.4) is 0 Å². The van der Waals surface area contributed by atoms with Gasteiger partial charge in [0.2, 0.25) is 11.8 Å². The first-order chi connectivity index (χ1) is 9.02. The van der Waals surface area contributed by atoms with Crippen LogP contribution in [0, 0.1) is 12.3 Å². The molecule has 2 amide bonds. The maximum atomic E-state index is 11.5. The van der Waals surface area contributed by atoms with E-state index >= 15 is 0 Å². The zero-order valence-electron chi connectivity index (χ0n) is 11.2. The summed E-state index contributed by atoms with van der Waals surface area (Å²) in [5.74, 6) is -0.160. The molecular weight excluding hydrogens is 244 g/mol. The number of amides is 2. The Labute approximate surface area is 113 Å². The molecule has 0 aliphatic carbocycles. The normalized spacial score (nSPS) is 11.7. The van der Waals surface area contributed by atoms with Crippen molar-refractivity contribution in [2.24, 2.45) is 11.7 Å². The van der Waals surface area contributed by atoms with Crippen LogP contribution in [0.15, 0.2) is 24.3 Å². The number of primary amides is 1. The van der Waals surface area contributed by atoms with Gasteiger partial charge in [0, 0.05) is 12.5 Å². The van der Waals surface area contributed by atoms with Crippen molar-refractivity contribution in [3.63, 3.8) is 0 Å². The number of hydrogen-bond donors (Lipinski definition) is 2. The van der Waals surface area contributed by atoms with Crippen molar-refractivity contribution < 1.29 is 14.3 Å². The molecule has 0 unspecified atom stereocenters. The Balaban J connectivity index is 2.31. The van der Waals surface area contributed by atoms with Crippen molar-refractivity contribution in [1.82, 2.24) is 5.32 Å². The number of nitrogens with one attached hydrogen (secondary N) is 1. The van der Waals surface area contributed by atoms with Crippen LogP contribution in [-0.2, 0) is 16.1 Å². The summed E-state index contributed by atoms with van der Waals surface area (Å²) >= 11 is 0. The van der Waals surface area contributed by atoms with Crippen molar-refractivity contribution in [2.75, 3.05) is 7.11 Å². The van der Waals surface area contributed by atoms with Gasteiger partial charge in [-0.05, 0) is 24.1 Å². The van der Waals surface area contributed by atoms with E-state index in [0.717, 1.165) is 11.3 Å². The molecule has 103 valence electrons. The minimum Gasteiger partial charge on any atom is -0.497 e. The minimum absolute atomic E-state index is 0.205. The molecule has 1 aromatic rings. The van der Waals surface area contributed by atoms with E-state index < -0.39 is 5.91 Å². The Hall–Kier alpha value is -2.04. The Kier molecular flexibility index (Phi) is 5.85. The van der Waals surface area contributed by atoms with Crippen LogP contribution < -0.4 is 15.8 Å². The number of nitrogens with two attached hydrogens (primary N) is 1. The second-order valence-electron chi connectivity index (χ2n) is 4.31. The molecular formula is C14H19N2O3. The van der Waals surface area contributed by atoms with E-state index in [4.69, 9.17) is 10.5 Å². The molecule has 0 aliphatic rings. The van der Waals surface area contributed by atoms with Crippen LogP contribution in [-0.4, -0.2) is 18.9 Å². The summed E-state index contributed by atoms with van der Waals surface area (Å²) in [6.07, 6.45) is 1.79. The van der Waals surface area contributed by atoms with Crippen molar-refractivity contribution >= 4 is 11.8 Å². The number of carbonyl (C=O) groups excluding carboxylic acids is 2. The lowest BCUT2D eigenvalue weighted by molar-refractivity contribution is -0.121. The van der Waals surface area contributed by atoms with Gasteiger partial charge in [-0.15, -0.1) is 0 Å². The molecule has 1 aromatic carbocycles. The predicted molar refractivity (Wildman–Crippen MR) is 72.1 cm³/mol. The summed E-state index contributed by atoms with van der Waals surface area (Å²) < 4.78 is 5.04. The van der Waals surface area contributed by atoms with Crippen LogP contribution in [0.25, 0.3) is 0 Å². The molecule has 3 N–H and O–H groups in total. The van der Waals surface area contributed by atoms with Gasteiger partial charge < -0.3 is 15.8 Å². The van der Waals surface area contributed by atoms with Gasteiger partial charge in [-0.25, -0.2) is 0 Å². The first-order valence-corrected chi connectivity index (χ1v) is 6.06. The van der Waals surface area contributed by atoms with Crippen molar-refractivity contribution in [3.8, 4) is 5.75 Å². The van der Waals surface area contributed by atoms with Gasteiger partial charge in [0.05, 0.1) is 13.5 Å². The van der Waals surface area contributed by atoms with Crippen molar-refractivity contribution in [1.29, 1.82) is 0 Å². The lowest BCUT2D eigenvalue weighted by atomic mass is 10.1. The summed E-state index contributed by atoms with van der Waals surface area (Å²) in [4.78, 5) is 22.3. The number of carbonyl (C=O) groups is 2. The van der Waals surface area contributed by atoms with E-state index in [0.29, 0.717) is 13.0 Å². The maximum Gasteiger partial charge on any atom is 0.224 e. The molecule has 1 atom stereocenters. The second-order valence-corrected chi connectivity index (χ2v) is 4.31. The van der Waals surface area contributed by atoms with Crippen LogP contribution in [0.5, 0.6) is 5.75 Å². The summed E-state index contributed by atoms with van der Waals surface area (Å²) in [6, 6.07) is 7.43. The van der Waals surface area contributed by atoms with E-state index in [1.807, 2.05) is 24.3 Å². The smallest absolute Gasteiger partial charge is 0.224 e. The van der Waals surface area contributed by atoms with E-state index in [1.165, 1.54) is 6.42 Å². The Morgan fingerprint density at radius 2 is 2.00 bits per heavy atom. The quantitative estimate of drug-likeness (QED) is 0.770. The number of benzene rings is 1. The first-order valence-electron chi connectivity index (χ1n) is 6.06. The van der Waals surface area contributed by atoms with Crippen LogP contribution in [0.2, 0.25) is 0 Å². The SMILES string of the molecule is COc1ccc(CNC(=O)[CH]C[C@H](C)C(N)=O)cc1. The molecule has 1 radical (unpaired) electrons. The highest BCUT2D eigenvalue weighted by molar-refractivity contribution is 5.85. The Morgan fingerprint density at radius 1 is 1.37 bits per heavy atom. The van der Waals surface area contributed by atoms with Gasteiger partial charge in [0.25, 0.3) is 0 Å². The third-order valence-electron chi connectivity index (χ3n) is 2.77. The molecule has 0 aromatic heterocycles. The molecule has 5 nitrogen and oxygen atoms in total. The molecule has 1 rings (SSSR count). The minimum atomic E-state index is -0.404. The molecule has 0 spiro atoms. The zero-order chi connectivity index (χ0) is 14.3. The van der Waals surface area contributed by atoms with E-state index in [9.17, 15) is 9.59 Å². The standard InChI is InChI=1S/C14H19N2O3/c1-10(14(15)18)3-8-13(17)16-9-11-4-6-12(19-2)7-5-11/h4-8,10H,3,9H2,1-2H3,(H2,15,18)(H,16,17)/t10-/m0/s1. The molecule has 0 bridgehead atoms. The highest BCUT2D eigenvalue weighted by atomic mass is 16.5. The van der Waals surface area contributed by atoms with Gasteiger partial charge >= 0.3 is 0 Å². The number of ether oxygens (including phenoxy) is 1. The summed E-state index contributed by atoms with van der Waals surface area (Å²) in [6.45, 7) is 2.12. The lowest BCUT2D eigenvalue weighted by Crippen LogP contribution is -2.26. The number of methoxy groups -OCH3 is 1. The average Bonchev–Trinajstić information content (AvgIpc) is 2.42. The summed E-state index contributed by atoms with van der Waals surface area (Å²) in [5, 5.41) is 2.74. The Morgan fingerprint density at radius 3 is 2.53 bits per heavy atom. The largest absolute Gasteiger partial charge is 0.497 e. The molecule has 0 fully saturated rings. The number of rotatable bonds is 7. The fraction of sp³-hybridized carbons (Fsp3) is 0.357. The van der Waals surface area contributed by atoms with Gasteiger partial charge in [0.1, 0.15) is 5.75 Å². The third kappa shape index (κ3) is 5.42. The van der Waals surface area contributed by atoms with Crippen LogP contribution in [0.1, 0.15) is 18.9 Å². The molecule has 19 heavy (non-hydrogen) atoms. The summed E-state index contributed by atoms with van der Waals surface area (Å²) in [7, 11) is 1.60. The molecule has 5 heteroatoms. The number of hydrogen-bond acceptors (Lipinski definition) is 3. The van der Waals surface area contributed by atoms with E-state index in [1.54, 1.807) is 14.0 Å². The fourth-order valence-electron chi connectivity index (χ4n) is 1.40. The highest BCUT2D eigenvalue weighted by Crippen LogP contribution is 2.11. The fourth-order valence-corrected chi connectivity index (χ4v) is 1.40. The van der Waals surface area contributed by atoms with Crippen molar-refractivity contribution in [2.45, 2.75) is 19.9 Å². The molecule has 0 saturated heterocycles. The van der Waals surface area contributed by atoms with Gasteiger partial charge in [-0.1, -0.05) is 19.1 Å². The second kappa shape index (κ2) is 7.41. The zero-order valence-corrected chi connectivity index (χ0v) is 11.2. The van der Waals surface area contributed by atoms with E-state index in [2.05, 4.69) is 5.32 Å². The first kappa shape index (κ1) is 15.0. The third-order valence-corrected chi connectivity index (χ3v) is 2.77. The molecule has 0 aliphatic heterocycles. The maximum absolute atomic E-state index is 11.5. The predicted octanol–water partition coefficient (Wildman–Crippen LogP) is 1.03. The van der Waals surface area contributed by atoms with Gasteiger partial charge in [0.15, 0.2) is 0 Å². The van der Waals surface area contributed by atoms with Crippen LogP contribution in [0.4, 0.5) is 0 Å². The Bertz CT molecular complexity index is 429. The molecule has 0 heterocycles. The topological polar surface area (TPSA) is 81.4 Å². The summed E-state index contributed by atoms with van der Waals surface area (Å²) in [5.41, 5.74) is 6.09. The highest BCUT2D eigenvalue weighted by Gasteiger charge is 2.11. The van der Waals surface area contributed by atoms with Gasteiger partial charge in [-0.3, -0.25) is 9.59 Å². The van der Waals surface area contributed by atoms with Crippen molar-refractivity contribution in [3.05, 3.63) is 36.2 Å². The van der Waals surface area contributed by atoms with Crippen LogP contribution >= 0.6 is 0 Å². The molecule has 0 saturated carbocycles.